The number of Topliss-reactive ketones (excluding diaryl/α,β-unsaturated/α-hetero) is 1. The fourth-order valence-corrected chi connectivity index (χ4v) is 2.67. The Morgan fingerprint density at radius 3 is 2.24 bits per heavy atom. The number of methoxy groups -OCH3 is 1. The molecule has 0 aromatic heterocycles. The molecule has 0 aromatic rings. The van der Waals surface area contributed by atoms with Crippen molar-refractivity contribution >= 4 is 17.5 Å². The van der Waals surface area contributed by atoms with E-state index in [0.29, 0.717) is 0 Å². The molecule has 0 spiro atoms. The van der Waals surface area contributed by atoms with Gasteiger partial charge in [-0.1, -0.05) is 38.6 Å². The largest absolute Gasteiger partial charge is 0.377 e. The Kier molecular flexibility index (Phi) is 8.26. The van der Waals surface area contributed by atoms with Gasteiger partial charge < -0.3 is 4.74 Å². The number of rotatable bonds is 8. The van der Waals surface area contributed by atoms with Gasteiger partial charge in [-0.3, -0.25) is 4.79 Å². The molecule has 0 aromatic carbocycles. The van der Waals surface area contributed by atoms with Crippen molar-refractivity contribution in [3.63, 3.8) is 0 Å². The molecule has 0 rings (SSSR count). The quantitative estimate of drug-likeness (QED) is 0.605. The van der Waals surface area contributed by atoms with Crippen LogP contribution < -0.4 is 0 Å². The number of thioether (sulfide) groups is 1. The fraction of sp³-hybridized carbons (Fsp3) is 0.643. The molecule has 0 N–H and O–H groups in total. The summed E-state index contributed by atoms with van der Waals surface area (Å²) in [5, 5.41) is 0. The second-order valence-electron chi connectivity index (χ2n) is 4.08. The van der Waals surface area contributed by atoms with E-state index in [2.05, 4.69) is 20.4 Å². The van der Waals surface area contributed by atoms with Crippen molar-refractivity contribution in [2.24, 2.45) is 0 Å². The number of carbonyl (C=O) groups is 1. The van der Waals surface area contributed by atoms with E-state index in [-0.39, 0.29) is 11.9 Å². The van der Waals surface area contributed by atoms with Crippen LogP contribution in [0.5, 0.6) is 0 Å². The molecule has 2 nitrogen and oxygen atoms in total. The predicted octanol–water partition coefficient (Wildman–Crippen LogP) is 4.32. The van der Waals surface area contributed by atoms with Gasteiger partial charge in [-0.25, -0.2) is 0 Å². The fourth-order valence-electron chi connectivity index (χ4n) is 1.77. The Hall–Kier alpha value is -0.540. The molecule has 0 bridgehead atoms. The number of carbonyl (C=O) groups excluding carboxylic acids is 1. The summed E-state index contributed by atoms with van der Waals surface area (Å²) in [7, 11) is 1.71. The number of hydrogen-bond donors (Lipinski definition) is 0. The Bertz CT molecular complexity index is 305. The normalized spacial score (nSPS) is 14.2. The van der Waals surface area contributed by atoms with Crippen molar-refractivity contribution in [3.8, 4) is 0 Å². The lowest BCUT2D eigenvalue weighted by molar-refractivity contribution is -0.113. The molecule has 0 aliphatic heterocycles. The van der Waals surface area contributed by atoms with Crippen LogP contribution in [0.25, 0.3) is 0 Å². The van der Waals surface area contributed by atoms with Crippen molar-refractivity contribution in [2.45, 2.75) is 53.1 Å². The van der Waals surface area contributed by atoms with Gasteiger partial charge in [-0.15, -0.1) is 0 Å². The summed E-state index contributed by atoms with van der Waals surface area (Å²) in [6.07, 6.45) is 2.89. The molecule has 0 aliphatic rings. The average molecular weight is 256 g/mol. The minimum absolute atomic E-state index is 0.0516. The lowest BCUT2D eigenvalue weighted by Gasteiger charge is -2.20. The van der Waals surface area contributed by atoms with E-state index in [9.17, 15) is 4.79 Å². The second kappa shape index (κ2) is 8.54. The van der Waals surface area contributed by atoms with E-state index in [1.807, 2.05) is 6.92 Å². The summed E-state index contributed by atoms with van der Waals surface area (Å²) in [4.78, 5) is 13.5. The lowest BCUT2D eigenvalue weighted by Crippen LogP contribution is -2.16. The summed E-state index contributed by atoms with van der Waals surface area (Å²) in [5.41, 5.74) is 1.11. The Labute approximate surface area is 110 Å². The van der Waals surface area contributed by atoms with E-state index in [0.717, 1.165) is 34.6 Å². The zero-order chi connectivity index (χ0) is 13.4. The maximum atomic E-state index is 11.7. The molecule has 98 valence electrons. The van der Waals surface area contributed by atoms with Gasteiger partial charge in [0, 0.05) is 7.11 Å². The van der Waals surface area contributed by atoms with E-state index >= 15 is 0 Å². The molecule has 0 amide bonds. The number of hydrogen-bond acceptors (Lipinski definition) is 3. The first-order valence-corrected chi connectivity index (χ1v) is 6.89. The molecule has 0 aliphatic carbocycles. The van der Waals surface area contributed by atoms with Crippen molar-refractivity contribution in [3.05, 3.63) is 22.0 Å². The van der Waals surface area contributed by atoms with Crippen LogP contribution in [0.4, 0.5) is 0 Å². The smallest absolute Gasteiger partial charge is 0.166 e. The van der Waals surface area contributed by atoms with Crippen LogP contribution in [0, 0.1) is 0 Å². The summed E-state index contributed by atoms with van der Waals surface area (Å²) in [6.45, 7) is 11.6. The van der Waals surface area contributed by atoms with Gasteiger partial charge in [-0.05, 0) is 37.2 Å². The first-order valence-electron chi connectivity index (χ1n) is 6.07. The van der Waals surface area contributed by atoms with Crippen molar-refractivity contribution in [1.29, 1.82) is 0 Å². The zero-order valence-corrected chi connectivity index (χ0v) is 12.4. The molecule has 0 saturated carbocycles. The summed E-state index contributed by atoms with van der Waals surface area (Å²) >= 11 is 1.47. The van der Waals surface area contributed by atoms with Gasteiger partial charge >= 0.3 is 0 Å². The molecule has 0 heterocycles. The SMILES string of the molecule is C=C(C)S/C(C(C)=O)=C(/CC)C(CCC)OC. The molecule has 17 heavy (non-hydrogen) atoms. The molecule has 0 radical (unpaired) electrons. The van der Waals surface area contributed by atoms with Gasteiger partial charge in [-0.2, -0.15) is 0 Å². The van der Waals surface area contributed by atoms with Crippen LogP contribution >= 0.6 is 11.8 Å². The maximum Gasteiger partial charge on any atom is 0.166 e. The van der Waals surface area contributed by atoms with Crippen LogP contribution in [-0.4, -0.2) is 19.0 Å². The maximum absolute atomic E-state index is 11.7. The second-order valence-corrected chi connectivity index (χ2v) is 5.39. The average Bonchev–Trinajstić information content (AvgIpc) is 2.26. The number of ether oxygens (including phenoxy) is 1. The third-order valence-corrected chi connectivity index (χ3v) is 3.59. The Balaban J connectivity index is 5.30. The van der Waals surface area contributed by atoms with Gasteiger partial charge in [0.05, 0.1) is 11.0 Å². The van der Waals surface area contributed by atoms with Crippen molar-refractivity contribution in [1.82, 2.24) is 0 Å². The molecule has 1 unspecified atom stereocenters. The number of ketones is 1. The van der Waals surface area contributed by atoms with Gasteiger partial charge in [0.1, 0.15) is 0 Å². The Morgan fingerprint density at radius 2 is 1.94 bits per heavy atom. The standard InChI is InChI=1S/C14H24O2S/c1-7-9-13(16-6)12(8-2)14(11(5)15)17-10(3)4/h13H,3,7-9H2,1-2,4-6H3/b14-12-. The third-order valence-electron chi connectivity index (χ3n) is 2.49. The highest BCUT2D eigenvalue weighted by molar-refractivity contribution is 8.07. The van der Waals surface area contributed by atoms with Crippen molar-refractivity contribution < 1.29 is 9.53 Å². The first kappa shape index (κ1) is 16.5. The molecule has 1 atom stereocenters. The van der Waals surface area contributed by atoms with Crippen LogP contribution in [0.15, 0.2) is 22.0 Å². The highest BCUT2D eigenvalue weighted by Gasteiger charge is 2.19. The minimum Gasteiger partial charge on any atom is -0.377 e. The van der Waals surface area contributed by atoms with E-state index in [4.69, 9.17) is 4.74 Å². The van der Waals surface area contributed by atoms with Gasteiger partial charge in [0.2, 0.25) is 0 Å². The van der Waals surface area contributed by atoms with Crippen LogP contribution in [0.2, 0.25) is 0 Å². The highest BCUT2D eigenvalue weighted by Crippen LogP contribution is 2.31. The third kappa shape index (κ3) is 5.55. The molecule has 3 heteroatoms. The molecule has 0 saturated heterocycles. The van der Waals surface area contributed by atoms with E-state index < -0.39 is 0 Å². The van der Waals surface area contributed by atoms with Gasteiger partial charge in [0.15, 0.2) is 5.78 Å². The lowest BCUT2D eigenvalue weighted by atomic mass is 10.0. The van der Waals surface area contributed by atoms with Crippen LogP contribution in [-0.2, 0) is 9.53 Å². The molecule has 0 fully saturated rings. The van der Waals surface area contributed by atoms with E-state index in [1.54, 1.807) is 14.0 Å². The Morgan fingerprint density at radius 1 is 1.35 bits per heavy atom. The monoisotopic (exact) mass is 256 g/mol. The predicted molar refractivity (Wildman–Crippen MR) is 76.1 cm³/mol. The topological polar surface area (TPSA) is 26.3 Å². The number of allylic oxidation sites excluding steroid dienone is 2. The van der Waals surface area contributed by atoms with Gasteiger partial charge in [0.25, 0.3) is 0 Å². The summed E-state index contributed by atoms with van der Waals surface area (Å²) in [6, 6.07) is 0. The summed E-state index contributed by atoms with van der Waals surface area (Å²) < 4.78 is 5.50. The molecular weight excluding hydrogens is 232 g/mol. The highest BCUT2D eigenvalue weighted by atomic mass is 32.2. The zero-order valence-electron chi connectivity index (χ0n) is 11.6. The molecular formula is C14H24O2S. The van der Waals surface area contributed by atoms with Crippen LogP contribution in [0.3, 0.4) is 0 Å². The van der Waals surface area contributed by atoms with Crippen LogP contribution in [0.1, 0.15) is 47.0 Å². The van der Waals surface area contributed by atoms with Crippen molar-refractivity contribution in [2.75, 3.05) is 7.11 Å². The summed E-state index contributed by atoms with van der Waals surface area (Å²) in [5.74, 6) is 0.105. The van der Waals surface area contributed by atoms with E-state index in [1.165, 1.54) is 11.8 Å². The minimum atomic E-state index is 0.0516. The first-order chi connectivity index (χ1) is 7.97.